The molecule has 0 spiro atoms. The SMILES string of the molecule is CCCCOC(=O)N1CCc2nc(N3CCN(c4ncc(C(=O)OCC)c(N)n4)CC3)ncc2C1. The lowest BCUT2D eigenvalue weighted by molar-refractivity contribution is 0.0526. The van der Waals surface area contributed by atoms with Gasteiger partial charge >= 0.3 is 12.1 Å². The van der Waals surface area contributed by atoms with Crippen molar-refractivity contribution >= 4 is 29.8 Å². The van der Waals surface area contributed by atoms with Gasteiger partial charge in [0.2, 0.25) is 11.9 Å². The molecule has 4 heterocycles. The van der Waals surface area contributed by atoms with Crippen molar-refractivity contribution in [1.29, 1.82) is 0 Å². The van der Waals surface area contributed by atoms with Crippen LogP contribution >= 0.6 is 0 Å². The number of nitrogen functional groups attached to an aromatic ring is 1. The summed E-state index contributed by atoms with van der Waals surface area (Å²) in [5, 5.41) is 0. The molecule has 2 N–H and O–H groups in total. The molecular formula is C23H32N8O4. The van der Waals surface area contributed by atoms with Crippen LogP contribution in [0.25, 0.3) is 0 Å². The van der Waals surface area contributed by atoms with Crippen molar-refractivity contribution in [2.24, 2.45) is 0 Å². The first kappa shape index (κ1) is 24.4. The topological polar surface area (TPSA) is 140 Å². The molecule has 0 atom stereocenters. The fourth-order valence-corrected chi connectivity index (χ4v) is 4.02. The molecule has 1 amide bonds. The van der Waals surface area contributed by atoms with Crippen molar-refractivity contribution in [1.82, 2.24) is 24.8 Å². The number of nitrogens with two attached hydrogens (primary N) is 1. The van der Waals surface area contributed by atoms with Gasteiger partial charge in [-0.1, -0.05) is 13.3 Å². The largest absolute Gasteiger partial charge is 0.462 e. The Labute approximate surface area is 204 Å². The first-order chi connectivity index (χ1) is 17.0. The Balaban J connectivity index is 1.34. The molecule has 0 saturated carbocycles. The highest BCUT2D eigenvalue weighted by atomic mass is 16.6. The lowest BCUT2D eigenvalue weighted by atomic mass is 10.1. The Morgan fingerprint density at radius 1 is 0.971 bits per heavy atom. The average Bonchev–Trinajstić information content (AvgIpc) is 2.88. The highest BCUT2D eigenvalue weighted by Gasteiger charge is 2.26. The number of carbonyl (C=O) groups excluding carboxylic acids is 2. The summed E-state index contributed by atoms with van der Waals surface area (Å²) in [7, 11) is 0. The van der Waals surface area contributed by atoms with Crippen LogP contribution in [-0.4, -0.2) is 82.8 Å². The van der Waals surface area contributed by atoms with Gasteiger partial charge in [0.15, 0.2) is 0 Å². The molecule has 0 radical (unpaired) electrons. The maximum Gasteiger partial charge on any atom is 0.410 e. The van der Waals surface area contributed by atoms with Crippen molar-refractivity contribution in [3.05, 3.63) is 29.2 Å². The van der Waals surface area contributed by atoms with E-state index in [1.165, 1.54) is 6.20 Å². The first-order valence-electron chi connectivity index (χ1n) is 12.1. The number of carbonyl (C=O) groups is 2. The number of hydrogen-bond donors (Lipinski definition) is 1. The Morgan fingerprint density at radius 3 is 2.31 bits per heavy atom. The fraction of sp³-hybridized carbons (Fsp3) is 0.565. The van der Waals surface area contributed by atoms with E-state index < -0.39 is 5.97 Å². The van der Waals surface area contributed by atoms with Crippen LogP contribution in [0.5, 0.6) is 0 Å². The van der Waals surface area contributed by atoms with E-state index in [1.54, 1.807) is 11.8 Å². The van der Waals surface area contributed by atoms with Gasteiger partial charge < -0.3 is 29.9 Å². The molecule has 188 valence electrons. The highest BCUT2D eigenvalue weighted by molar-refractivity contribution is 5.93. The summed E-state index contributed by atoms with van der Waals surface area (Å²) < 4.78 is 10.3. The normalized spacial score (nSPS) is 15.5. The van der Waals surface area contributed by atoms with Crippen LogP contribution in [0.2, 0.25) is 0 Å². The van der Waals surface area contributed by atoms with E-state index in [-0.39, 0.29) is 24.1 Å². The van der Waals surface area contributed by atoms with Crippen LogP contribution in [0.4, 0.5) is 22.5 Å². The third-order valence-electron chi connectivity index (χ3n) is 6.05. The number of nitrogens with zero attached hydrogens (tertiary/aromatic N) is 7. The summed E-state index contributed by atoms with van der Waals surface area (Å²) in [6.45, 7) is 8.27. The average molecular weight is 485 g/mol. The van der Waals surface area contributed by atoms with Gasteiger partial charge in [-0.25, -0.2) is 24.5 Å². The molecule has 35 heavy (non-hydrogen) atoms. The zero-order chi connectivity index (χ0) is 24.8. The van der Waals surface area contributed by atoms with Crippen LogP contribution in [0.3, 0.4) is 0 Å². The number of aromatic nitrogens is 4. The molecule has 0 aliphatic carbocycles. The van der Waals surface area contributed by atoms with Gasteiger partial charge in [0.1, 0.15) is 11.4 Å². The first-order valence-corrected chi connectivity index (χ1v) is 12.1. The number of hydrogen-bond acceptors (Lipinski definition) is 11. The smallest absolute Gasteiger partial charge is 0.410 e. The van der Waals surface area contributed by atoms with Gasteiger partial charge in [-0.05, 0) is 13.3 Å². The summed E-state index contributed by atoms with van der Waals surface area (Å²) in [5.41, 5.74) is 8.06. The number of unbranched alkanes of at least 4 members (excludes halogenated alkanes) is 1. The number of esters is 1. The number of piperazine rings is 1. The monoisotopic (exact) mass is 484 g/mol. The number of rotatable bonds is 7. The number of ether oxygens (including phenoxy) is 2. The van der Waals surface area contributed by atoms with Crippen LogP contribution in [0, 0.1) is 0 Å². The number of amides is 1. The lowest BCUT2D eigenvalue weighted by Crippen LogP contribution is -2.48. The Morgan fingerprint density at radius 2 is 1.66 bits per heavy atom. The molecule has 2 aromatic heterocycles. The zero-order valence-electron chi connectivity index (χ0n) is 20.3. The van der Waals surface area contributed by atoms with Gasteiger partial charge in [-0.3, -0.25) is 0 Å². The van der Waals surface area contributed by atoms with Crippen molar-refractivity contribution < 1.29 is 19.1 Å². The molecule has 0 aromatic carbocycles. The van der Waals surface area contributed by atoms with E-state index in [0.29, 0.717) is 64.2 Å². The molecule has 12 nitrogen and oxygen atoms in total. The summed E-state index contributed by atoms with van der Waals surface area (Å²) in [4.78, 5) is 48.0. The number of fused-ring (bicyclic) bond motifs is 1. The van der Waals surface area contributed by atoms with Gasteiger partial charge in [-0.2, -0.15) is 4.98 Å². The van der Waals surface area contributed by atoms with Crippen LogP contribution in [0.15, 0.2) is 12.4 Å². The molecule has 4 rings (SSSR count). The van der Waals surface area contributed by atoms with E-state index in [4.69, 9.17) is 20.2 Å². The minimum Gasteiger partial charge on any atom is -0.462 e. The maximum atomic E-state index is 12.3. The maximum absolute atomic E-state index is 12.3. The van der Waals surface area contributed by atoms with E-state index in [0.717, 1.165) is 24.1 Å². The summed E-state index contributed by atoms with van der Waals surface area (Å²) in [6.07, 6.45) is 5.49. The van der Waals surface area contributed by atoms with Crippen molar-refractivity contribution in [3.63, 3.8) is 0 Å². The van der Waals surface area contributed by atoms with Crippen LogP contribution in [-0.2, 0) is 22.4 Å². The summed E-state index contributed by atoms with van der Waals surface area (Å²) in [5.74, 6) is 0.743. The summed E-state index contributed by atoms with van der Waals surface area (Å²) in [6, 6.07) is 0. The molecule has 0 unspecified atom stereocenters. The Kier molecular flexibility index (Phi) is 7.78. The van der Waals surface area contributed by atoms with Crippen molar-refractivity contribution in [3.8, 4) is 0 Å². The second kappa shape index (κ2) is 11.2. The summed E-state index contributed by atoms with van der Waals surface area (Å²) >= 11 is 0. The highest BCUT2D eigenvalue weighted by Crippen LogP contribution is 2.22. The molecule has 1 saturated heterocycles. The van der Waals surface area contributed by atoms with Gasteiger partial charge in [0, 0.05) is 57.1 Å². The standard InChI is InChI=1S/C23H32N8O4/c1-3-5-12-35-23(33)31-7-6-18-16(15-31)13-25-21(27-18)29-8-10-30(11-9-29)22-26-14-17(19(24)28-22)20(32)34-4-2/h13-14H,3-12,15H2,1-2H3,(H2,24,26,28). The molecule has 2 aliphatic rings. The minimum atomic E-state index is -0.526. The van der Waals surface area contributed by atoms with E-state index in [1.807, 2.05) is 11.1 Å². The second-order valence-corrected chi connectivity index (χ2v) is 8.44. The second-order valence-electron chi connectivity index (χ2n) is 8.44. The van der Waals surface area contributed by atoms with Gasteiger partial charge in [0.05, 0.1) is 25.5 Å². The van der Waals surface area contributed by atoms with Crippen LogP contribution < -0.4 is 15.5 Å². The van der Waals surface area contributed by atoms with E-state index in [9.17, 15) is 9.59 Å². The zero-order valence-corrected chi connectivity index (χ0v) is 20.3. The molecular weight excluding hydrogens is 452 g/mol. The third-order valence-corrected chi connectivity index (χ3v) is 6.05. The van der Waals surface area contributed by atoms with E-state index in [2.05, 4.69) is 26.8 Å². The van der Waals surface area contributed by atoms with Gasteiger partial charge in [0.25, 0.3) is 0 Å². The predicted molar refractivity (Wildman–Crippen MR) is 129 cm³/mol. The van der Waals surface area contributed by atoms with Crippen molar-refractivity contribution in [2.45, 2.75) is 39.7 Å². The molecule has 0 bridgehead atoms. The lowest BCUT2D eigenvalue weighted by Gasteiger charge is -2.35. The fourth-order valence-electron chi connectivity index (χ4n) is 4.02. The van der Waals surface area contributed by atoms with Gasteiger partial charge in [-0.15, -0.1) is 0 Å². The quantitative estimate of drug-likeness (QED) is 0.453. The molecule has 2 aliphatic heterocycles. The minimum absolute atomic E-state index is 0.109. The molecule has 12 heteroatoms. The Hall–Kier alpha value is -3.70. The molecule has 1 fully saturated rings. The predicted octanol–water partition coefficient (Wildman–Crippen LogP) is 1.65. The van der Waals surface area contributed by atoms with Crippen LogP contribution in [0.1, 0.15) is 48.3 Å². The van der Waals surface area contributed by atoms with Crippen molar-refractivity contribution in [2.75, 3.05) is 61.5 Å². The Bertz CT molecular complexity index is 1060. The van der Waals surface area contributed by atoms with E-state index >= 15 is 0 Å². The molecule has 2 aromatic rings. The number of anilines is 3. The third kappa shape index (κ3) is 5.69.